The molecule has 2 atom stereocenters. The van der Waals surface area contributed by atoms with Crippen molar-refractivity contribution in [1.29, 1.82) is 0 Å². The van der Waals surface area contributed by atoms with E-state index in [0.29, 0.717) is 44.6 Å². The first-order valence-electron chi connectivity index (χ1n) is 15.1. The van der Waals surface area contributed by atoms with E-state index in [2.05, 4.69) is 39.8 Å². The van der Waals surface area contributed by atoms with E-state index < -0.39 is 25.7 Å². The van der Waals surface area contributed by atoms with Gasteiger partial charge in [-0.15, -0.1) is 0 Å². The van der Waals surface area contributed by atoms with Crippen molar-refractivity contribution in [2.75, 3.05) is 44.3 Å². The molecule has 2 amide bonds. The summed E-state index contributed by atoms with van der Waals surface area (Å²) in [6.45, 7) is 15.5. The quantitative estimate of drug-likeness (QED) is 0.253. The molecule has 1 aromatic carbocycles. The number of amides is 2. The fourth-order valence-electron chi connectivity index (χ4n) is 5.47. The van der Waals surface area contributed by atoms with Crippen LogP contribution in [-0.4, -0.2) is 90.5 Å². The standard InChI is InChI=1S/C31H43ClN6O5Si/c1-31(2,3)43-30(40)33-15-24(21-7-9-22(32)10-8-21)29(39)36-11-12-38-23(16-36)18-42-25-17-37(20-41-13-14-44(4,5)6)27-26(25)28(38)35-19-34-27/h7-10,17,19,23-24H,11-16,18,20H2,1-6H3,(H,33,40)/t23-,24-/m0/s1. The van der Waals surface area contributed by atoms with E-state index in [1.807, 2.05) is 27.8 Å². The second kappa shape index (κ2) is 12.9. The summed E-state index contributed by atoms with van der Waals surface area (Å²) in [6.07, 6.45) is 2.96. The molecule has 0 bridgehead atoms. The number of carbonyl (C=O) groups is 2. The Labute approximate surface area is 264 Å². The maximum Gasteiger partial charge on any atom is 0.407 e. The van der Waals surface area contributed by atoms with Gasteiger partial charge in [-0.1, -0.05) is 43.4 Å². The highest BCUT2D eigenvalue weighted by atomic mass is 35.5. The molecule has 1 fully saturated rings. The van der Waals surface area contributed by atoms with Gasteiger partial charge in [0.15, 0.2) is 5.65 Å². The third kappa shape index (κ3) is 7.64. The minimum atomic E-state index is -1.19. The first kappa shape index (κ1) is 32.1. The zero-order chi connectivity index (χ0) is 31.6. The van der Waals surface area contributed by atoms with Crippen molar-refractivity contribution in [3.63, 3.8) is 0 Å². The van der Waals surface area contributed by atoms with E-state index in [4.69, 9.17) is 25.8 Å². The molecule has 4 heterocycles. The summed E-state index contributed by atoms with van der Waals surface area (Å²) in [7, 11) is -1.19. The Morgan fingerprint density at radius 1 is 1.16 bits per heavy atom. The Kier molecular flexibility index (Phi) is 9.43. The number of halogens is 1. The summed E-state index contributed by atoms with van der Waals surface area (Å²) in [4.78, 5) is 39.8. The van der Waals surface area contributed by atoms with Crippen LogP contribution in [0.15, 0.2) is 36.8 Å². The third-order valence-electron chi connectivity index (χ3n) is 7.74. The molecule has 0 unspecified atom stereocenters. The molecular weight excluding hydrogens is 600 g/mol. The molecular formula is C31H43ClN6O5Si. The van der Waals surface area contributed by atoms with Crippen LogP contribution in [0.4, 0.5) is 10.6 Å². The molecule has 0 radical (unpaired) electrons. The van der Waals surface area contributed by atoms with Gasteiger partial charge in [0.25, 0.3) is 0 Å². The number of hydrogen-bond acceptors (Lipinski definition) is 8. The largest absolute Gasteiger partial charge is 0.489 e. The van der Waals surface area contributed by atoms with Crippen molar-refractivity contribution in [2.45, 2.75) is 70.7 Å². The van der Waals surface area contributed by atoms with Crippen molar-refractivity contribution in [3.8, 4) is 5.75 Å². The fourth-order valence-corrected chi connectivity index (χ4v) is 6.35. The van der Waals surface area contributed by atoms with Gasteiger partial charge in [0.2, 0.25) is 5.91 Å². The monoisotopic (exact) mass is 642 g/mol. The van der Waals surface area contributed by atoms with Crippen LogP contribution in [0.5, 0.6) is 5.75 Å². The molecule has 238 valence electrons. The smallest absolute Gasteiger partial charge is 0.407 e. The molecule has 5 rings (SSSR count). The highest BCUT2D eigenvalue weighted by Gasteiger charge is 2.37. The minimum absolute atomic E-state index is 0.0830. The van der Waals surface area contributed by atoms with Crippen LogP contribution in [0.3, 0.4) is 0 Å². The second-order valence-corrected chi connectivity index (χ2v) is 19.7. The number of piperazine rings is 1. The molecule has 13 heteroatoms. The summed E-state index contributed by atoms with van der Waals surface area (Å²) in [5, 5.41) is 4.23. The normalized spacial score (nSPS) is 17.5. The molecule has 11 nitrogen and oxygen atoms in total. The Morgan fingerprint density at radius 2 is 1.91 bits per heavy atom. The van der Waals surface area contributed by atoms with Gasteiger partial charge in [0.05, 0.1) is 18.2 Å². The van der Waals surface area contributed by atoms with Crippen LogP contribution >= 0.6 is 11.6 Å². The summed E-state index contributed by atoms with van der Waals surface area (Å²) in [5.41, 5.74) is 0.894. The van der Waals surface area contributed by atoms with Crippen LogP contribution in [0.2, 0.25) is 30.7 Å². The highest BCUT2D eigenvalue weighted by Crippen LogP contribution is 2.38. The lowest BCUT2D eigenvalue weighted by Gasteiger charge is -2.42. The first-order valence-corrected chi connectivity index (χ1v) is 19.2. The molecule has 1 N–H and O–H groups in total. The van der Waals surface area contributed by atoms with Gasteiger partial charge < -0.3 is 33.9 Å². The number of hydrogen-bond donors (Lipinski definition) is 1. The Balaban J connectivity index is 1.31. The third-order valence-corrected chi connectivity index (χ3v) is 9.70. The number of anilines is 1. The number of aromatic nitrogens is 3. The van der Waals surface area contributed by atoms with Crippen molar-refractivity contribution in [2.24, 2.45) is 0 Å². The minimum Gasteiger partial charge on any atom is -0.489 e. The number of nitrogens with one attached hydrogen (secondary N) is 1. The Hall–Kier alpha value is -3.35. The Morgan fingerprint density at radius 3 is 2.61 bits per heavy atom. The number of fused-ring (bicyclic) bond motifs is 2. The average Bonchev–Trinajstić information content (AvgIpc) is 3.22. The number of nitrogens with zero attached hydrogens (tertiary/aromatic N) is 5. The van der Waals surface area contributed by atoms with Gasteiger partial charge in [0, 0.05) is 45.9 Å². The molecule has 0 spiro atoms. The number of carbonyl (C=O) groups excluding carboxylic acids is 2. The van der Waals surface area contributed by atoms with E-state index in [1.165, 1.54) is 0 Å². The zero-order valence-corrected chi connectivity index (χ0v) is 28.2. The van der Waals surface area contributed by atoms with E-state index >= 15 is 0 Å². The van der Waals surface area contributed by atoms with Gasteiger partial charge in [-0.3, -0.25) is 4.79 Å². The summed E-state index contributed by atoms with van der Waals surface area (Å²) < 4.78 is 19.7. The molecule has 2 aromatic heterocycles. The molecule has 0 aliphatic carbocycles. The maximum atomic E-state index is 14.0. The Bertz CT molecular complexity index is 1490. The van der Waals surface area contributed by atoms with Crippen molar-refractivity contribution in [3.05, 3.63) is 47.4 Å². The van der Waals surface area contributed by atoms with Crippen LogP contribution in [0.25, 0.3) is 11.0 Å². The molecule has 0 saturated carbocycles. The van der Waals surface area contributed by atoms with Gasteiger partial charge in [-0.25, -0.2) is 14.8 Å². The maximum absolute atomic E-state index is 14.0. The number of rotatable bonds is 9. The first-order chi connectivity index (χ1) is 20.8. The summed E-state index contributed by atoms with van der Waals surface area (Å²) >= 11 is 6.13. The predicted molar refractivity (Wildman–Crippen MR) is 173 cm³/mol. The topological polar surface area (TPSA) is 111 Å². The van der Waals surface area contributed by atoms with Gasteiger partial charge in [-0.05, 0) is 44.5 Å². The fraction of sp³-hybridized carbons (Fsp3) is 0.548. The molecule has 2 aliphatic heterocycles. The SMILES string of the molecule is CC(C)(C)OC(=O)NC[C@H](C(=O)N1CCN2c3ncnc4c3c(cn4COCC[Si](C)(C)C)OC[C@@H]2C1)c1ccc(Cl)cc1. The van der Waals surface area contributed by atoms with E-state index in [1.54, 1.807) is 39.2 Å². The second-order valence-electron chi connectivity index (χ2n) is 13.6. The summed E-state index contributed by atoms with van der Waals surface area (Å²) in [6, 6.07) is 8.14. The summed E-state index contributed by atoms with van der Waals surface area (Å²) in [5.74, 6) is 0.835. The van der Waals surface area contributed by atoms with E-state index in [-0.39, 0.29) is 18.5 Å². The molecule has 2 aliphatic rings. The van der Waals surface area contributed by atoms with Gasteiger partial charge in [0.1, 0.15) is 42.2 Å². The number of alkyl carbamates (subject to hydrolysis) is 1. The van der Waals surface area contributed by atoms with Crippen LogP contribution < -0.4 is 15.0 Å². The van der Waals surface area contributed by atoms with Crippen LogP contribution in [-0.2, 0) is 21.0 Å². The predicted octanol–water partition coefficient (Wildman–Crippen LogP) is 5.12. The zero-order valence-electron chi connectivity index (χ0n) is 26.4. The lowest BCUT2D eigenvalue weighted by molar-refractivity contribution is -0.133. The van der Waals surface area contributed by atoms with Gasteiger partial charge >= 0.3 is 6.09 Å². The van der Waals surface area contributed by atoms with Crippen molar-refractivity contribution in [1.82, 2.24) is 24.8 Å². The van der Waals surface area contributed by atoms with E-state index in [0.717, 1.165) is 34.2 Å². The average molecular weight is 643 g/mol. The number of ether oxygens (including phenoxy) is 3. The molecule has 44 heavy (non-hydrogen) atoms. The highest BCUT2D eigenvalue weighted by molar-refractivity contribution is 6.76. The molecule has 1 saturated heterocycles. The molecule has 3 aromatic rings. The lowest BCUT2D eigenvalue weighted by atomic mass is 9.96. The van der Waals surface area contributed by atoms with Crippen LogP contribution in [0.1, 0.15) is 32.3 Å². The number of benzene rings is 1. The van der Waals surface area contributed by atoms with Gasteiger partial charge in [-0.2, -0.15) is 0 Å². The lowest BCUT2D eigenvalue weighted by Crippen LogP contribution is -2.58. The van der Waals surface area contributed by atoms with E-state index in [9.17, 15) is 9.59 Å². The van der Waals surface area contributed by atoms with Crippen LogP contribution in [0, 0.1) is 0 Å². The van der Waals surface area contributed by atoms with Crippen molar-refractivity contribution < 1.29 is 23.8 Å². The van der Waals surface area contributed by atoms with Crippen molar-refractivity contribution >= 4 is 48.5 Å².